The predicted octanol–water partition coefficient (Wildman–Crippen LogP) is 3.55. The van der Waals surface area contributed by atoms with Crippen LogP contribution in [-0.4, -0.2) is 4.98 Å². The molecule has 0 N–H and O–H groups in total. The van der Waals surface area contributed by atoms with Crippen molar-refractivity contribution in [1.82, 2.24) is 4.98 Å². The molecule has 0 radical (unpaired) electrons. The summed E-state index contributed by atoms with van der Waals surface area (Å²) in [6, 6.07) is 0.902. The van der Waals surface area contributed by atoms with Gasteiger partial charge in [-0.1, -0.05) is 11.6 Å². The van der Waals surface area contributed by atoms with Crippen molar-refractivity contribution in [3.63, 3.8) is 0 Å². The van der Waals surface area contributed by atoms with Crippen LogP contribution in [0.2, 0.25) is 5.15 Å². The third-order valence-corrected chi connectivity index (χ3v) is 1.92. The van der Waals surface area contributed by atoms with E-state index >= 15 is 0 Å². The van der Waals surface area contributed by atoms with E-state index in [0.29, 0.717) is 0 Å². The summed E-state index contributed by atoms with van der Waals surface area (Å²) < 4.78 is 37.1. The molecule has 0 saturated heterocycles. The zero-order chi connectivity index (χ0) is 10.0. The van der Waals surface area contributed by atoms with E-state index in [0.717, 1.165) is 6.07 Å². The van der Waals surface area contributed by atoms with Crippen LogP contribution in [0.3, 0.4) is 0 Å². The summed E-state index contributed by atoms with van der Waals surface area (Å²) in [5.41, 5.74) is -0.640. The Balaban J connectivity index is 3.22. The van der Waals surface area contributed by atoms with Crippen molar-refractivity contribution in [2.24, 2.45) is 0 Å². The topological polar surface area (TPSA) is 12.9 Å². The van der Waals surface area contributed by atoms with Crippen molar-refractivity contribution in [3.8, 4) is 0 Å². The van der Waals surface area contributed by atoms with Gasteiger partial charge in [0.2, 0.25) is 0 Å². The fraction of sp³-hybridized carbons (Fsp3) is 0.286. The van der Waals surface area contributed by atoms with Gasteiger partial charge in [-0.3, -0.25) is 0 Å². The summed E-state index contributed by atoms with van der Waals surface area (Å²) in [6.45, 7) is 0. The number of pyridine rings is 1. The molecule has 0 aliphatic heterocycles. The van der Waals surface area contributed by atoms with Crippen molar-refractivity contribution in [3.05, 3.63) is 28.3 Å². The van der Waals surface area contributed by atoms with Gasteiger partial charge in [0.1, 0.15) is 5.69 Å². The molecule has 6 heteroatoms. The first-order valence-electron chi connectivity index (χ1n) is 3.25. The molecule has 0 aromatic carbocycles. The molecular formula is C7H4Cl2F3N. The second kappa shape index (κ2) is 4.15. The molecule has 72 valence electrons. The smallest absolute Gasteiger partial charge is 0.232 e. The van der Waals surface area contributed by atoms with Crippen molar-refractivity contribution >= 4 is 23.2 Å². The number of rotatable bonds is 2. The zero-order valence-electron chi connectivity index (χ0n) is 6.20. The number of hydrogen-bond donors (Lipinski definition) is 0. The summed E-state index contributed by atoms with van der Waals surface area (Å²) in [7, 11) is 0. The lowest BCUT2D eigenvalue weighted by Crippen LogP contribution is -1.97. The lowest BCUT2D eigenvalue weighted by molar-refractivity contribution is 0.146. The Bertz CT molecular complexity index is 317. The minimum Gasteiger partial charge on any atom is -0.232 e. The fourth-order valence-electron chi connectivity index (χ4n) is 0.778. The Morgan fingerprint density at radius 1 is 1.46 bits per heavy atom. The maximum absolute atomic E-state index is 12.9. The number of nitrogens with zero attached hydrogens (tertiary/aromatic N) is 1. The number of hydrogen-bond acceptors (Lipinski definition) is 1. The molecular weight excluding hydrogens is 226 g/mol. The molecule has 1 heterocycles. The molecule has 1 rings (SSSR count). The van der Waals surface area contributed by atoms with Gasteiger partial charge in [0, 0.05) is 5.56 Å². The molecule has 13 heavy (non-hydrogen) atoms. The van der Waals surface area contributed by atoms with Crippen molar-refractivity contribution in [1.29, 1.82) is 0 Å². The van der Waals surface area contributed by atoms with Crippen LogP contribution < -0.4 is 0 Å². The minimum atomic E-state index is -2.78. The van der Waals surface area contributed by atoms with Crippen molar-refractivity contribution in [2.45, 2.75) is 12.3 Å². The molecule has 0 bridgehead atoms. The first-order chi connectivity index (χ1) is 6.06. The predicted molar refractivity (Wildman–Crippen MR) is 43.7 cm³/mol. The highest BCUT2D eigenvalue weighted by atomic mass is 35.5. The lowest BCUT2D eigenvalue weighted by atomic mass is 10.2. The van der Waals surface area contributed by atoms with Gasteiger partial charge < -0.3 is 0 Å². The molecule has 0 fully saturated rings. The molecule has 1 aromatic rings. The van der Waals surface area contributed by atoms with Crippen molar-refractivity contribution < 1.29 is 13.2 Å². The largest absolute Gasteiger partial charge is 0.280 e. The highest BCUT2D eigenvalue weighted by Gasteiger charge is 2.15. The quantitative estimate of drug-likeness (QED) is 0.559. The van der Waals surface area contributed by atoms with Crippen molar-refractivity contribution in [2.75, 3.05) is 0 Å². The average molecular weight is 230 g/mol. The van der Waals surface area contributed by atoms with Crippen LogP contribution in [-0.2, 0) is 5.88 Å². The van der Waals surface area contributed by atoms with Gasteiger partial charge in [0.05, 0.1) is 5.88 Å². The van der Waals surface area contributed by atoms with Crippen LogP contribution in [0.25, 0.3) is 0 Å². The van der Waals surface area contributed by atoms with Gasteiger partial charge >= 0.3 is 0 Å². The first-order valence-corrected chi connectivity index (χ1v) is 4.16. The summed E-state index contributed by atoms with van der Waals surface area (Å²) in [6.07, 6.45) is -2.78. The SMILES string of the molecule is Fc1c(CCl)cc(C(F)F)nc1Cl. The molecule has 0 aliphatic rings. The van der Waals surface area contributed by atoms with E-state index in [2.05, 4.69) is 4.98 Å². The van der Waals surface area contributed by atoms with Gasteiger partial charge in [0.15, 0.2) is 11.0 Å². The van der Waals surface area contributed by atoms with E-state index in [9.17, 15) is 13.2 Å². The van der Waals surface area contributed by atoms with Crippen LogP contribution in [0.5, 0.6) is 0 Å². The summed E-state index contributed by atoms with van der Waals surface area (Å²) in [5, 5.41) is -0.576. The normalized spacial score (nSPS) is 10.9. The molecule has 0 saturated carbocycles. The Kier molecular flexibility index (Phi) is 3.39. The van der Waals surface area contributed by atoms with Gasteiger partial charge in [-0.15, -0.1) is 11.6 Å². The molecule has 0 unspecified atom stereocenters. The van der Waals surface area contributed by atoms with E-state index < -0.39 is 23.1 Å². The van der Waals surface area contributed by atoms with Crippen LogP contribution in [0.1, 0.15) is 17.7 Å². The second-order valence-electron chi connectivity index (χ2n) is 2.25. The summed E-state index contributed by atoms with van der Waals surface area (Å²) in [5.74, 6) is -1.06. The van der Waals surface area contributed by atoms with Gasteiger partial charge in [-0.2, -0.15) is 0 Å². The monoisotopic (exact) mass is 229 g/mol. The third kappa shape index (κ3) is 2.25. The lowest BCUT2D eigenvalue weighted by Gasteiger charge is -2.04. The molecule has 0 spiro atoms. The maximum atomic E-state index is 12.9. The Morgan fingerprint density at radius 2 is 2.08 bits per heavy atom. The van der Waals surface area contributed by atoms with Crippen LogP contribution in [0.4, 0.5) is 13.2 Å². The molecule has 0 aliphatic carbocycles. The van der Waals surface area contributed by atoms with Crippen LogP contribution in [0.15, 0.2) is 6.07 Å². The number of aromatic nitrogens is 1. The first kappa shape index (κ1) is 10.6. The van der Waals surface area contributed by atoms with E-state index in [1.54, 1.807) is 0 Å². The highest BCUT2D eigenvalue weighted by molar-refractivity contribution is 6.29. The zero-order valence-corrected chi connectivity index (χ0v) is 7.71. The highest BCUT2D eigenvalue weighted by Crippen LogP contribution is 2.24. The van der Waals surface area contributed by atoms with Gasteiger partial charge in [0.25, 0.3) is 6.43 Å². The molecule has 0 atom stereocenters. The number of halogens is 5. The number of alkyl halides is 3. The Morgan fingerprint density at radius 3 is 2.54 bits per heavy atom. The van der Waals surface area contributed by atoms with Crippen LogP contribution >= 0.6 is 23.2 Å². The Hall–Kier alpha value is -0.480. The molecule has 1 nitrogen and oxygen atoms in total. The van der Waals surface area contributed by atoms with Crippen LogP contribution in [0, 0.1) is 5.82 Å². The fourth-order valence-corrected chi connectivity index (χ4v) is 1.19. The average Bonchev–Trinajstić information content (AvgIpc) is 2.09. The summed E-state index contributed by atoms with van der Waals surface area (Å²) >= 11 is 10.6. The minimum absolute atomic E-state index is 0.0723. The van der Waals surface area contributed by atoms with E-state index in [4.69, 9.17) is 23.2 Å². The Labute approximate surface area is 82.5 Å². The molecule has 0 amide bonds. The van der Waals surface area contributed by atoms with E-state index in [-0.39, 0.29) is 11.4 Å². The van der Waals surface area contributed by atoms with E-state index in [1.165, 1.54) is 0 Å². The standard InChI is InChI=1S/C7H4Cl2F3N/c8-2-3-1-4(7(11)12)13-6(9)5(3)10/h1,7H,2H2. The van der Waals surface area contributed by atoms with Gasteiger partial charge in [-0.25, -0.2) is 18.2 Å². The van der Waals surface area contributed by atoms with E-state index in [1.807, 2.05) is 0 Å². The second-order valence-corrected chi connectivity index (χ2v) is 2.87. The third-order valence-electron chi connectivity index (χ3n) is 1.38. The van der Waals surface area contributed by atoms with Gasteiger partial charge in [-0.05, 0) is 6.07 Å². The summed E-state index contributed by atoms with van der Waals surface area (Å²) in [4.78, 5) is 3.16. The molecule has 1 aromatic heterocycles. The maximum Gasteiger partial charge on any atom is 0.280 e.